The van der Waals surface area contributed by atoms with Gasteiger partial charge in [-0.25, -0.2) is 4.39 Å². The molecule has 1 heterocycles. The van der Waals surface area contributed by atoms with E-state index in [1.807, 2.05) is 23.1 Å². The van der Waals surface area contributed by atoms with Gasteiger partial charge < -0.3 is 19.5 Å². The molecule has 1 aliphatic heterocycles. The van der Waals surface area contributed by atoms with Crippen LogP contribution >= 0.6 is 0 Å². The molecule has 0 bridgehead atoms. The van der Waals surface area contributed by atoms with Crippen molar-refractivity contribution in [2.45, 2.75) is 50.4 Å². The van der Waals surface area contributed by atoms with Gasteiger partial charge in [0.2, 0.25) is 0 Å². The zero-order chi connectivity index (χ0) is 22.4. The number of fused-ring (bicyclic) bond motifs is 1. The molecule has 0 aromatic heterocycles. The molecule has 2 aromatic rings. The normalized spacial score (nSPS) is 26.0. The number of carbonyl (C=O) groups is 1. The highest BCUT2D eigenvalue weighted by Gasteiger charge is 2.44. The standard InChI is InChI=1S/C25H25FN2O4/c1-31-18-8-20(9-18)32-19-7-17(12-27)24(26)23(10-19)28-5-4-14-6-15(2-3-16(14)13-28)21-11-22(21)25(29)30/h2-3,6-7,10,18,20-22H,4-5,8-9,11,13H2,1H3,(H,29,30)/t18?,20?,21-,22+/m0/s1. The Morgan fingerprint density at radius 2 is 2.00 bits per heavy atom. The number of benzene rings is 2. The fraction of sp³-hybridized carbons (Fsp3) is 0.440. The Morgan fingerprint density at radius 1 is 1.19 bits per heavy atom. The first-order valence-corrected chi connectivity index (χ1v) is 11.0. The molecule has 0 spiro atoms. The molecule has 2 aromatic carbocycles. The SMILES string of the molecule is COC1CC(Oc2cc(C#N)c(F)c(N3CCc4cc([C@@H]5C[C@H]5C(=O)O)ccc4C3)c2)C1. The number of carboxylic acid groups (broad SMARTS) is 1. The summed E-state index contributed by atoms with van der Waals surface area (Å²) in [6.07, 6.45) is 3.21. The van der Waals surface area contributed by atoms with Gasteiger partial charge in [-0.05, 0) is 35.4 Å². The molecule has 2 aliphatic carbocycles. The lowest BCUT2D eigenvalue weighted by Gasteiger charge is -2.35. The number of hydrogen-bond donors (Lipinski definition) is 1. The van der Waals surface area contributed by atoms with Crippen LogP contribution in [-0.4, -0.2) is 36.9 Å². The minimum absolute atomic E-state index is 0.0161. The summed E-state index contributed by atoms with van der Waals surface area (Å²) >= 11 is 0. The molecule has 32 heavy (non-hydrogen) atoms. The van der Waals surface area contributed by atoms with Crippen LogP contribution in [0.4, 0.5) is 10.1 Å². The quantitative estimate of drug-likeness (QED) is 0.737. The number of aliphatic carboxylic acids is 1. The highest BCUT2D eigenvalue weighted by Crippen LogP contribution is 2.48. The van der Waals surface area contributed by atoms with Gasteiger partial charge in [0.05, 0.1) is 23.3 Å². The van der Waals surface area contributed by atoms with Crippen LogP contribution in [0, 0.1) is 23.1 Å². The number of nitrogens with zero attached hydrogens (tertiary/aromatic N) is 2. The summed E-state index contributed by atoms with van der Waals surface area (Å²) in [7, 11) is 1.68. The van der Waals surface area contributed by atoms with E-state index in [1.54, 1.807) is 13.2 Å². The third-order valence-corrected chi connectivity index (χ3v) is 6.95. The van der Waals surface area contributed by atoms with Gasteiger partial charge in [0, 0.05) is 45.2 Å². The van der Waals surface area contributed by atoms with Crippen molar-refractivity contribution in [2.75, 3.05) is 18.6 Å². The summed E-state index contributed by atoms with van der Waals surface area (Å²) in [6, 6.07) is 11.2. The number of halogens is 1. The average Bonchev–Trinajstić information content (AvgIpc) is 3.57. The number of nitriles is 1. The van der Waals surface area contributed by atoms with Crippen molar-refractivity contribution in [3.63, 3.8) is 0 Å². The lowest BCUT2D eigenvalue weighted by atomic mass is 9.92. The zero-order valence-electron chi connectivity index (χ0n) is 17.9. The third kappa shape index (κ3) is 3.80. The van der Waals surface area contributed by atoms with Crippen LogP contribution in [0.3, 0.4) is 0 Å². The van der Waals surface area contributed by atoms with E-state index in [2.05, 4.69) is 6.07 Å². The molecule has 6 nitrogen and oxygen atoms in total. The maximum absolute atomic E-state index is 15.1. The van der Waals surface area contributed by atoms with E-state index in [1.165, 1.54) is 11.6 Å². The second-order valence-electron chi connectivity index (χ2n) is 8.97. The molecule has 0 radical (unpaired) electrons. The summed E-state index contributed by atoms with van der Waals surface area (Å²) in [6.45, 7) is 1.15. The Bertz CT molecular complexity index is 1110. The fourth-order valence-electron chi connectivity index (χ4n) is 4.81. The predicted octanol–water partition coefficient (Wildman–Crippen LogP) is 4.00. The molecule has 7 heteroatoms. The van der Waals surface area contributed by atoms with Crippen molar-refractivity contribution in [3.8, 4) is 11.8 Å². The van der Waals surface area contributed by atoms with Gasteiger partial charge in [-0.1, -0.05) is 18.2 Å². The largest absolute Gasteiger partial charge is 0.490 e. The molecular weight excluding hydrogens is 411 g/mol. The molecule has 0 amide bonds. The molecule has 0 saturated heterocycles. The topological polar surface area (TPSA) is 82.8 Å². The van der Waals surface area contributed by atoms with Gasteiger partial charge >= 0.3 is 5.97 Å². The van der Waals surface area contributed by atoms with E-state index in [-0.39, 0.29) is 29.6 Å². The Hall–Kier alpha value is -3.11. The second kappa shape index (κ2) is 8.10. The maximum Gasteiger partial charge on any atom is 0.307 e. The average molecular weight is 436 g/mol. The first kappa shape index (κ1) is 20.8. The summed E-state index contributed by atoms with van der Waals surface area (Å²) in [5.74, 6) is -0.921. The molecule has 2 saturated carbocycles. The highest BCUT2D eigenvalue weighted by molar-refractivity contribution is 5.75. The van der Waals surface area contributed by atoms with Crippen molar-refractivity contribution in [2.24, 2.45) is 5.92 Å². The monoisotopic (exact) mass is 436 g/mol. The van der Waals surface area contributed by atoms with Crippen LogP contribution in [0.15, 0.2) is 30.3 Å². The van der Waals surface area contributed by atoms with Crippen molar-refractivity contribution in [1.29, 1.82) is 5.26 Å². The first-order valence-electron chi connectivity index (χ1n) is 11.0. The van der Waals surface area contributed by atoms with Crippen molar-refractivity contribution in [1.82, 2.24) is 0 Å². The van der Waals surface area contributed by atoms with E-state index < -0.39 is 11.8 Å². The van der Waals surface area contributed by atoms with Crippen molar-refractivity contribution >= 4 is 11.7 Å². The first-order chi connectivity index (χ1) is 15.5. The van der Waals surface area contributed by atoms with E-state index in [0.29, 0.717) is 30.9 Å². The van der Waals surface area contributed by atoms with Gasteiger partial charge in [0.15, 0.2) is 5.82 Å². The van der Waals surface area contributed by atoms with Crippen LogP contribution in [0.2, 0.25) is 0 Å². The van der Waals surface area contributed by atoms with E-state index >= 15 is 4.39 Å². The predicted molar refractivity (Wildman–Crippen MR) is 115 cm³/mol. The molecule has 2 atom stereocenters. The number of anilines is 1. The van der Waals surface area contributed by atoms with Crippen LogP contribution in [-0.2, 0) is 22.5 Å². The molecule has 3 aliphatic rings. The van der Waals surface area contributed by atoms with Crippen LogP contribution in [0.5, 0.6) is 5.75 Å². The summed E-state index contributed by atoms with van der Waals surface area (Å²) < 4.78 is 26.3. The lowest BCUT2D eigenvalue weighted by Crippen LogP contribution is -2.39. The van der Waals surface area contributed by atoms with Crippen LogP contribution in [0.25, 0.3) is 0 Å². The molecule has 166 valence electrons. The number of hydrogen-bond acceptors (Lipinski definition) is 5. The number of methoxy groups -OCH3 is 1. The number of rotatable bonds is 6. The Balaban J connectivity index is 1.35. The zero-order valence-corrected chi connectivity index (χ0v) is 17.9. The van der Waals surface area contributed by atoms with Gasteiger partial charge in [0.25, 0.3) is 0 Å². The van der Waals surface area contributed by atoms with Gasteiger partial charge in [-0.15, -0.1) is 0 Å². The van der Waals surface area contributed by atoms with Crippen molar-refractivity contribution in [3.05, 3.63) is 58.4 Å². The number of carboxylic acids is 1. The maximum atomic E-state index is 15.1. The summed E-state index contributed by atoms with van der Waals surface area (Å²) in [5, 5.41) is 18.6. The van der Waals surface area contributed by atoms with Crippen LogP contribution in [0.1, 0.15) is 47.4 Å². The Kier molecular flexibility index (Phi) is 5.26. The van der Waals surface area contributed by atoms with E-state index in [9.17, 15) is 15.2 Å². The number of ether oxygens (including phenoxy) is 2. The minimum atomic E-state index is -0.732. The van der Waals surface area contributed by atoms with Crippen molar-refractivity contribution < 1.29 is 23.8 Å². The Morgan fingerprint density at radius 3 is 2.69 bits per heavy atom. The van der Waals surface area contributed by atoms with Crippen LogP contribution < -0.4 is 9.64 Å². The van der Waals surface area contributed by atoms with E-state index in [0.717, 1.165) is 30.4 Å². The minimum Gasteiger partial charge on any atom is -0.490 e. The molecule has 0 unspecified atom stereocenters. The summed E-state index contributed by atoms with van der Waals surface area (Å²) in [4.78, 5) is 13.1. The van der Waals surface area contributed by atoms with Gasteiger partial charge in [0.1, 0.15) is 17.9 Å². The summed E-state index contributed by atoms with van der Waals surface area (Å²) in [5.41, 5.74) is 3.72. The lowest BCUT2D eigenvalue weighted by molar-refractivity contribution is -0.138. The second-order valence-corrected chi connectivity index (χ2v) is 8.97. The van der Waals surface area contributed by atoms with Gasteiger partial charge in [-0.2, -0.15) is 5.26 Å². The Labute approximate surface area is 186 Å². The molecular formula is C25H25FN2O4. The van der Waals surface area contributed by atoms with Gasteiger partial charge in [-0.3, -0.25) is 4.79 Å². The molecule has 2 fully saturated rings. The molecule has 1 N–H and O–H groups in total. The fourth-order valence-corrected chi connectivity index (χ4v) is 4.81. The highest BCUT2D eigenvalue weighted by atomic mass is 19.1. The smallest absolute Gasteiger partial charge is 0.307 e. The third-order valence-electron chi connectivity index (χ3n) is 6.95. The molecule has 5 rings (SSSR count). The van der Waals surface area contributed by atoms with E-state index in [4.69, 9.17) is 9.47 Å².